The summed E-state index contributed by atoms with van der Waals surface area (Å²) in [6, 6.07) is 0. The Kier molecular flexibility index (Phi) is 6.60. The third-order valence-electron chi connectivity index (χ3n) is 1.88. The molecule has 0 amide bonds. The number of hydrogen-bond donors (Lipinski definition) is 2. The van der Waals surface area contributed by atoms with Crippen LogP contribution in [-0.2, 0) is 9.09 Å². The second-order valence-electron chi connectivity index (χ2n) is 3.36. The molecule has 0 aromatic rings. The third kappa shape index (κ3) is 10.0. The standard InChI is InChI=1S/C8H19O4P/c1-3-5-8(2)6-4-7-12-13(9,10)11/h8H,3-7H2,1-2H3,(H2,9,10,11). The second kappa shape index (κ2) is 6.55. The molecular formula is C8H19O4P. The van der Waals surface area contributed by atoms with Crippen molar-refractivity contribution < 1.29 is 18.9 Å². The first-order chi connectivity index (χ1) is 5.95. The fourth-order valence-electron chi connectivity index (χ4n) is 1.25. The maximum Gasteiger partial charge on any atom is 0.469 e. The molecule has 0 saturated carbocycles. The Morgan fingerprint density at radius 3 is 2.46 bits per heavy atom. The Balaban J connectivity index is 3.30. The van der Waals surface area contributed by atoms with Crippen molar-refractivity contribution in [3.05, 3.63) is 0 Å². The number of phosphoric acid groups is 1. The summed E-state index contributed by atoms with van der Waals surface area (Å²) in [5, 5.41) is 0. The molecule has 80 valence electrons. The summed E-state index contributed by atoms with van der Waals surface area (Å²) in [4.78, 5) is 16.8. The average molecular weight is 210 g/mol. The maximum atomic E-state index is 10.3. The summed E-state index contributed by atoms with van der Waals surface area (Å²) in [7, 11) is -4.24. The van der Waals surface area contributed by atoms with Gasteiger partial charge in [0.05, 0.1) is 6.61 Å². The highest BCUT2D eigenvalue weighted by Gasteiger charge is 2.12. The summed E-state index contributed by atoms with van der Waals surface area (Å²) in [5.41, 5.74) is 0. The summed E-state index contributed by atoms with van der Waals surface area (Å²) in [6.45, 7) is 4.42. The lowest BCUT2D eigenvalue weighted by atomic mass is 10.0. The van der Waals surface area contributed by atoms with Gasteiger partial charge in [0.1, 0.15) is 0 Å². The van der Waals surface area contributed by atoms with Crippen molar-refractivity contribution >= 4 is 7.82 Å². The van der Waals surface area contributed by atoms with Crippen molar-refractivity contribution in [2.45, 2.75) is 39.5 Å². The van der Waals surface area contributed by atoms with Gasteiger partial charge in [-0.1, -0.05) is 26.7 Å². The molecule has 0 spiro atoms. The van der Waals surface area contributed by atoms with Crippen molar-refractivity contribution in [1.82, 2.24) is 0 Å². The Labute approximate surface area is 79.5 Å². The number of phosphoric ester groups is 1. The van der Waals surface area contributed by atoms with E-state index < -0.39 is 7.82 Å². The first kappa shape index (κ1) is 13.1. The van der Waals surface area contributed by atoms with Crippen molar-refractivity contribution in [2.75, 3.05) is 6.61 Å². The third-order valence-corrected chi connectivity index (χ3v) is 2.40. The van der Waals surface area contributed by atoms with Gasteiger partial charge < -0.3 is 9.79 Å². The Bertz CT molecular complexity index is 166. The van der Waals surface area contributed by atoms with Crippen LogP contribution in [0.3, 0.4) is 0 Å². The second-order valence-corrected chi connectivity index (χ2v) is 4.60. The van der Waals surface area contributed by atoms with Crippen LogP contribution >= 0.6 is 7.82 Å². The molecule has 0 radical (unpaired) electrons. The number of rotatable bonds is 7. The average Bonchev–Trinajstić information content (AvgIpc) is 1.97. The fourth-order valence-corrected chi connectivity index (χ4v) is 1.62. The zero-order chi connectivity index (χ0) is 10.3. The maximum absolute atomic E-state index is 10.3. The predicted molar refractivity (Wildman–Crippen MR) is 51.3 cm³/mol. The molecule has 0 aromatic heterocycles. The molecule has 4 nitrogen and oxygen atoms in total. The predicted octanol–water partition coefficient (Wildman–Crippen LogP) is 2.31. The smallest absolute Gasteiger partial charge is 0.303 e. The van der Waals surface area contributed by atoms with Crippen LogP contribution in [0.25, 0.3) is 0 Å². The molecule has 0 saturated heterocycles. The van der Waals surface area contributed by atoms with E-state index in [4.69, 9.17) is 9.79 Å². The Morgan fingerprint density at radius 1 is 1.38 bits per heavy atom. The van der Waals surface area contributed by atoms with Gasteiger partial charge >= 0.3 is 7.82 Å². The van der Waals surface area contributed by atoms with Crippen molar-refractivity contribution in [1.29, 1.82) is 0 Å². The normalized spacial score (nSPS) is 14.5. The Morgan fingerprint density at radius 2 is 2.00 bits per heavy atom. The van der Waals surface area contributed by atoms with Gasteiger partial charge in [0, 0.05) is 0 Å². The van der Waals surface area contributed by atoms with Crippen molar-refractivity contribution in [3.63, 3.8) is 0 Å². The molecule has 1 atom stereocenters. The molecule has 0 bridgehead atoms. The minimum Gasteiger partial charge on any atom is -0.303 e. The van der Waals surface area contributed by atoms with Crippen LogP contribution in [0.2, 0.25) is 0 Å². The monoisotopic (exact) mass is 210 g/mol. The lowest BCUT2D eigenvalue weighted by molar-refractivity contribution is 0.190. The van der Waals surface area contributed by atoms with Crippen molar-refractivity contribution in [3.8, 4) is 0 Å². The Hall–Kier alpha value is 0.110. The van der Waals surface area contributed by atoms with Crippen LogP contribution in [0.5, 0.6) is 0 Å². The zero-order valence-corrected chi connectivity index (χ0v) is 9.17. The van der Waals surface area contributed by atoms with Crippen LogP contribution in [0.15, 0.2) is 0 Å². The summed E-state index contributed by atoms with van der Waals surface area (Å²) in [6.07, 6.45) is 4.00. The molecule has 0 aliphatic heterocycles. The lowest BCUT2D eigenvalue weighted by Crippen LogP contribution is -1.98. The van der Waals surface area contributed by atoms with Crippen LogP contribution in [0.4, 0.5) is 0 Å². The van der Waals surface area contributed by atoms with Crippen LogP contribution in [0, 0.1) is 5.92 Å². The molecule has 0 heterocycles. The molecule has 0 aliphatic rings. The summed E-state index contributed by atoms with van der Waals surface area (Å²) >= 11 is 0. The topological polar surface area (TPSA) is 66.8 Å². The first-order valence-corrected chi connectivity index (χ1v) is 6.19. The molecule has 2 N–H and O–H groups in total. The van der Waals surface area contributed by atoms with Gasteiger partial charge in [0.25, 0.3) is 0 Å². The minimum atomic E-state index is -4.24. The van der Waals surface area contributed by atoms with E-state index in [2.05, 4.69) is 18.4 Å². The molecular weight excluding hydrogens is 191 g/mol. The van der Waals surface area contributed by atoms with Gasteiger partial charge in [-0.25, -0.2) is 4.57 Å². The number of hydrogen-bond acceptors (Lipinski definition) is 2. The van der Waals surface area contributed by atoms with Gasteiger partial charge in [0.2, 0.25) is 0 Å². The van der Waals surface area contributed by atoms with Gasteiger partial charge in [-0.05, 0) is 18.8 Å². The van der Waals surface area contributed by atoms with E-state index >= 15 is 0 Å². The molecule has 13 heavy (non-hydrogen) atoms. The van der Waals surface area contributed by atoms with E-state index in [9.17, 15) is 4.57 Å². The molecule has 0 rings (SSSR count). The van der Waals surface area contributed by atoms with E-state index in [1.165, 1.54) is 0 Å². The highest BCUT2D eigenvalue weighted by atomic mass is 31.2. The van der Waals surface area contributed by atoms with Gasteiger partial charge in [-0.2, -0.15) is 0 Å². The molecule has 0 aliphatic carbocycles. The molecule has 0 aromatic carbocycles. The molecule has 0 fully saturated rings. The highest BCUT2D eigenvalue weighted by Crippen LogP contribution is 2.35. The van der Waals surface area contributed by atoms with Crippen LogP contribution in [0.1, 0.15) is 39.5 Å². The van der Waals surface area contributed by atoms with Crippen LogP contribution in [-0.4, -0.2) is 16.4 Å². The van der Waals surface area contributed by atoms with E-state index in [0.29, 0.717) is 12.3 Å². The van der Waals surface area contributed by atoms with Gasteiger partial charge in [0.15, 0.2) is 0 Å². The minimum absolute atomic E-state index is 0.151. The molecule has 1 unspecified atom stereocenters. The van der Waals surface area contributed by atoms with Gasteiger partial charge in [-0.3, -0.25) is 4.52 Å². The lowest BCUT2D eigenvalue weighted by Gasteiger charge is -2.09. The van der Waals surface area contributed by atoms with E-state index in [1.807, 2.05) is 0 Å². The van der Waals surface area contributed by atoms with Gasteiger partial charge in [-0.15, -0.1) is 0 Å². The fraction of sp³-hybridized carbons (Fsp3) is 1.00. The van der Waals surface area contributed by atoms with Crippen LogP contribution < -0.4 is 0 Å². The van der Waals surface area contributed by atoms with E-state index in [-0.39, 0.29) is 6.61 Å². The quantitative estimate of drug-likeness (QED) is 0.500. The van der Waals surface area contributed by atoms with E-state index in [0.717, 1.165) is 19.3 Å². The SMILES string of the molecule is CCCC(C)CCCOP(=O)(O)O. The highest BCUT2D eigenvalue weighted by molar-refractivity contribution is 7.46. The largest absolute Gasteiger partial charge is 0.469 e. The first-order valence-electron chi connectivity index (χ1n) is 4.65. The summed E-state index contributed by atoms with van der Waals surface area (Å²) < 4.78 is 14.6. The van der Waals surface area contributed by atoms with Crippen molar-refractivity contribution in [2.24, 2.45) is 5.92 Å². The molecule has 5 heteroatoms. The van der Waals surface area contributed by atoms with E-state index in [1.54, 1.807) is 0 Å². The zero-order valence-electron chi connectivity index (χ0n) is 8.27. The summed E-state index contributed by atoms with van der Waals surface area (Å²) in [5.74, 6) is 0.616.